The number of hydrogen-bond acceptors (Lipinski definition) is 8. The molecule has 0 aromatic heterocycles. The number of anilines is 1. The fourth-order valence-corrected chi connectivity index (χ4v) is 5.48. The first-order valence-electron chi connectivity index (χ1n) is 12.4. The van der Waals surface area contributed by atoms with Gasteiger partial charge in [-0.25, -0.2) is 5.01 Å². The third-order valence-corrected chi connectivity index (χ3v) is 7.63. The van der Waals surface area contributed by atoms with Crippen molar-refractivity contribution in [2.45, 2.75) is 24.1 Å². The molecule has 3 aromatic carbocycles. The Labute approximate surface area is 230 Å². The molecule has 0 fully saturated rings. The molecule has 0 aliphatic carbocycles. The molecule has 200 valence electrons. The zero-order chi connectivity index (χ0) is 27.4. The van der Waals surface area contributed by atoms with Crippen LogP contribution in [0.25, 0.3) is 0 Å². The van der Waals surface area contributed by atoms with Crippen molar-refractivity contribution in [2.75, 3.05) is 26.6 Å². The summed E-state index contributed by atoms with van der Waals surface area (Å²) in [5, 5.41) is 9.36. The van der Waals surface area contributed by atoms with Crippen LogP contribution in [0.15, 0.2) is 82.9 Å². The molecule has 10 heteroatoms. The number of methoxy groups -OCH3 is 3. The topological polar surface area (TPSA) is 102 Å². The minimum Gasteiger partial charge on any atom is -0.497 e. The van der Waals surface area contributed by atoms with E-state index in [0.717, 1.165) is 28.3 Å². The summed E-state index contributed by atoms with van der Waals surface area (Å²) < 4.78 is 15.8. The highest BCUT2D eigenvalue weighted by atomic mass is 32.2. The first-order valence-corrected chi connectivity index (χ1v) is 13.2. The number of carbonyl (C=O) groups is 2. The van der Waals surface area contributed by atoms with Crippen LogP contribution in [0, 0.1) is 0 Å². The van der Waals surface area contributed by atoms with Gasteiger partial charge in [0.05, 0.1) is 33.1 Å². The fourth-order valence-electron chi connectivity index (χ4n) is 4.42. The second-order valence-electron chi connectivity index (χ2n) is 8.94. The molecule has 2 aliphatic rings. The smallest absolute Gasteiger partial charge is 0.262 e. The Morgan fingerprint density at radius 1 is 0.949 bits per heavy atom. The second kappa shape index (κ2) is 11.6. The lowest BCUT2D eigenvalue weighted by molar-refractivity contribution is -0.121. The average molecular weight is 545 g/mol. The van der Waals surface area contributed by atoms with Gasteiger partial charge in [-0.05, 0) is 59.7 Å². The zero-order valence-corrected chi connectivity index (χ0v) is 22.6. The number of ether oxygens (including phenoxy) is 3. The molecule has 0 bridgehead atoms. The molecule has 3 aromatic rings. The normalized spacial score (nSPS) is 18.4. The van der Waals surface area contributed by atoms with Crippen LogP contribution >= 0.6 is 11.8 Å². The summed E-state index contributed by atoms with van der Waals surface area (Å²) in [6.07, 6.45) is 0.608. The highest BCUT2D eigenvalue weighted by Gasteiger charge is 2.39. The van der Waals surface area contributed by atoms with Crippen molar-refractivity contribution < 1.29 is 23.8 Å². The molecule has 2 heterocycles. The van der Waals surface area contributed by atoms with Gasteiger partial charge in [-0.15, -0.1) is 0 Å². The van der Waals surface area contributed by atoms with E-state index in [4.69, 9.17) is 19.3 Å². The van der Waals surface area contributed by atoms with Gasteiger partial charge >= 0.3 is 0 Å². The summed E-state index contributed by atoms with van der Waals surface area (Å²) in [4.78, 5) is 29.9. The Morgan fingerprint density at radius 2 is 1.62 bits per heavy atom. The van der Waals surface area contributed by atoms with Crippen LogP contribution < -0.4 is 19.5 Å². The quantitative estimate of drug-likeness (QED) is 0.431. The third kappa shape index (κ3) is 5.91. The Bertz CT molecular complexity index is 1420. The van der Waals surface area contributed by atoms with E-state index in [1.165, 1.54) is 11.8 Å². The molecule has 39 heavy (non-hydrogen) atoms. The average Bonchev–Trinajstić information content (AvgIpc) is 3.57. The number of amidine groups is 1. The first-order chi connectivity index (χ1) is 19.0. The van der Waals surface area contributed by atoms with E-state index in [2.05, 4.69) is 10.3 Å². The predicted molar refractivity (Wildman–Crippen MR) is 152 cm³/mol. The second-order valence-corrected chi connectivity index (χ2v) is 10.1. The molecule has 1 N–H and O–H groups in total. The number of rotatable bonds is 8. The highest BCUT2D eigenvalue weighted by Crippen LogP contribution is 2.39. The van der Waals surface area contributed by atoms with Crippen molar-refractivity contribution in [3.63, 3.8) is 0 Å². The van der Waals surface area contributed by atoms with Crippen LogP contribution in [0.3, 0.4) is 0 Å². The number of nitrogens with one attached hydrogen (secondary N) is 1. The number of hydrogen-bond donors (Lipinski definition) is 1. The molecule has 0 saturated heterocycles. The number of aliphatic imine (C=N–C) groups is 1. The van der Waals surface area contributed by atoms with Crippen LogP contribution in [0.4, 0.5) is 5.69 Å². The SMILES string of the molecule is COc1ccc(C2=NN(C3=NC(=O)[C@@H](CC(=O)Nc4cccc(OC)c4)S3)[C@@H](c3ccc(OC)cc3)C2)cc1. The molecule has 0 radical (unpaired) electrons. The van der Waals surface area contributed by atoms with Crippen LogP contribution in [0.1, 0.15) is 30.0 Å². The van der Waals surface area contributed by atoms with Gasteiger partial charge in [0, 0.05) is 24.6 Å². The van der Waals surface area contributed by atoms with Crippen molar-refractivity contribution >= 4 is 40.1 Å². The van der Waals surface area contributed by atoms with Crippen molar-refractivity contribution in [3.8, 4) is 17.2 Å². The zero-order valence-electron chi connectivity index (χ0n) is 21.8. The van der Waals surface area contributed by atoms with E-state index in [9.17, 15) is 9.59 Å². The number of nitrogens with zero attached hydrogens (tertiary/aromatic N) is 3. The number of hydrazone groups is 1. The van der Waals surface area contributed by atoms with E-state index in [-0.39, 0.29) is 24.3 Å². The number of carbonyl (C=O) groups excluding carboxylic acids is 2. The lowest BCUT2D eigenvalue weighted by atomic mass is 9.98. The molecule has 5 rings (SSSR count). The van der Waals surface area contributed by atoms with Crippen LogP contribution in [0.2, 0.25) is 0 Å². The van der Waals surface area contributed by atoms with Gasteiger partial charge in [0.1, 0.15) is 22.5 Å². The lowest BCUT2D eigenvalue weighted by Gasteiger charge is -2.23. The summed E-state index contributed by atoms with van der Waals surface area (Å²) in [6.45, 7) is 0. The Balaban J connectivity index is 1.34. The van der Waals surface area contributed by atoms with E-state index >= 15 is 0 Å². The van der Waals surface area contributed by atoms with Crippen LogP contribution in [-0.2, 0) is 9.59 Å². The number of benzene rings is 3. The number of amides is 2. The molecule has 0 unspecified atom stereocenters. The Kier molecular flexibility index (Phi) is 7.83. The van der Waals surface area contributed by atoms with Gasteiger partial charge in [-0.1, -0.05) is 30.0 Å². The lowest BCUT2D eigenvalue weighted by Crippen LogP contribution is -2.25. The van der Waals surface area contributed by atoms with Gasteiger partial charge in [0.2, 0.25) is 5.91 Å². The molecule has 2 aliphatic heterocycles. The van der Waals surface area contributed by atoms with E-state index < -0.39 is 5.25 Å². The van der Waals surface area contributed by atoms with E-state index in [1.807, 2.05) is 48.5 Å². The molecular formula is C29H28N4O5S. The van der Waals surface area contributed by atoms with Gasteiger partial charge in [-0.3, -0.25) is 9.59 Å². The van der Waals surface area contributed by atoms with Crippen LogP contribution in [-0.4, -0.2) is 54.3 Å². The third-order valence-electron chi connectivity index (χ3n) is 6.48. The standard InChI is InChI=1S/C29H28N4O5S/c1-36-21-11-7-18(8-12-21)24-16-25(19-9-13-22(37-2)14-10-19)33(32-24)29-31-28(35)26(39-29)17-27(34)30-20-5-4-6-23(15-20)38-3/h4-15,25-26H,16-17H2,1-3H3,(H,30,34)/t25-,26-/m1/s1. The van der Waals surface area contributed by atoms with E-state index in [1.54, 1.807) is 50.6 Å². The Morgan fingerprint density at radius 3 is 2.28 bits per heavy atom. The monoisotopic (exact) mass is 544 g/mol. The van der Waals surface area contributed by atoms with Crippen molar-refractivity contribution in [1.82, 2.24) is 5.01 Å². The van der Waals surface area contributed by atoms with Crippen molar-refractivity contribution in [2.24, 2.45) is 10.1 Å². The summed E-state index contributed by atoms with van der Waals surface area (Å²) in [6, 6.07) is 22.4. The first kappa shape index (κ1) is 26.3. The summed E-state index contributed by atoms with van der Waals surface area (Å²) in [5.74, 6) is 1.52. The maximum absolute atomic E-state index is 12.9. The predicted octanol–water partition coefficient (Wildman–Crippen LogP) is 4.89. The van der Waals surface area contributed by atoms with Gasteiger partial charge in [0.25, 0.3) is 5.91 Å². The highest BCUT2D eigenvalue weighted by molar-refractivity contribution is 8.15. The fraction of sp³-hybridized carbons (Fsp3) is 0.241. The van der Waals surface area contributed by atoms with Gasteiger partial charge in [0.15, 0.2) is 5.17 Å². The molecule has 2 amide bonds. The molecule has 0 spiro atoms. The maximum atomic E-state index is 12.9. The molecule has 0 saturated carbocycles. The van der Waals surface area contributed by atoms with Gasteiger partial charge < -0.3 is 19.5 Å². The molecule has 9 nitrogen and oxygen atoms in total. The number of thioether (sulfide) groups is 1. The molecular weight excluding hydrogens is 516 g/mol. The van der Waals surface area contributed by atoms with Crippen molar-refractivity contribution in [1.29, 1.82) is 0 Å². The Hall–Kier alpha value is -4.31. The van der Waals surface area contributed by atoms with E-state index in [0.29, 0.717) is 23.0 Å². The summed E-state index contributed by atoms with van der Waals surface area (Å²) >= 11 is 1.26. The van der Waals surface area contributed by atoms with Gasteiger partial charge in [-0.2, -0.15) is 10.1 Å². The van der Waals surface area contributed by atoms with Crippen molar-refractivity contribution in [3.05, 3.63) is 83.9 Å². The van der Waals surface area contributed by atoms with Crippen LogP contribution in [0.5, 0.6) is 17.2 Å². The molecule has 2 atom stereocenters. The minimum atomic E-state index is -0.637. The maximum Gasteiger partial charge on any atom is 0.262 e. The summed E-state index contributed by atoms with van der Waals surface area (Å²) in [7, 11) is 4.82. The minimum absolute atomic E-state index is 0.0101. The summed E-state index contributed by atoms with van der Waals surface area (Å²) in [5.41, 5.74) is 3.44. The largest absolute Gasteiger partial charge is 0.497 e.